The van der Waals surface area contributed by atoms with Crippen molar-refractivity contribution >= 4 is 0 Å². The molecule has 1 saturated carbocycles. The van der Waals surface area contributed by atoms with Crippen LogP contribution in [-0.2, 0) is 0 Å². The molecule has 76 valence electrons. The average molecular weight is 183 g/mol. The Labute approximate surface area is 80.9 Å². The normalized spacial score (nSPS) is 47.3. The summed E-state index contributed by atoms with van der Waals surface area (Å²) in [6.07, 6.45) is 6.01. The second-order valence-electron chi connectivity index (χ2n) is 4.82. The highest BCUT2D eigenvalue weighted by Crippen LogP contribution is 2.36. The summed E-state index contributed by atoms with van der Waals surface area (Å²) < 4.78 is 0. The SMILES string of the molecule is CC1CCC2C(O)CCCC2N1C. The Kier molecular flexibility index (Phi) is 2.61. The third kappa shape index (κ3) is 1.62. The van der Waals surface area contributed by atoms with Gasteiger partial charge in [0.15, 0.2) is 0 Å². The first kappa shape index (κ1) is 9.47. The van der Waals surface area contributed by atoms with E-state index in [0.29, 0.717) is 18.0 Å². The maximum atomic E-state index is 9.88. The molecule has 0 aromatic carbocycles. The molecule has 4 atom stereocenters. The lowest BCUT2D eigenvalue weighted by Gasteiger charge is -2.47. The summed E-state index contributed by atoms with van der Waals surface area (Å²) >= 11 is 0. The summed E-state index contributed by atoms with van der Waals surface area (Å²) in [5.74, 6) is 0.565. The lowest BCUT2D eigenvalue weighted by atomic mass is 9.75. The standard InChI is InChI=1S/C11H21NO/c1-8-6-7-9-10(12(8)2)4-3-5-11(9)13/h8-11,13H,3-7H2,1-2H3. The van der Waals surface area contributed by atoms with Gasteiger partial charge in [-0.3, -0.25) is 0 Å². The van der Waals surface area contributed by atoms with Crippen molar-refractivity contribution in [1.82, 2.24) is 4.90 Å². The van der Waals surface area contributed by atoms with Crippen molar-refractivity contribution in [3.8, 4) is 0 Å². The molecular weight excluding hydrogens is 162 g/mol. The zero-order valence-electron chi connectivity index (χ0n) is 8.74. The van der Waals surface area contributed by atoms with Crippen molar-refractivity contribution < 1.29 is 5.11 Å². The molecule has 1 aliphatic carbocycles. The molecule has 0 aromatic heterocycles. The summed E-state index contributed by atoms with van der Waals surface area (Å²) in [6.45, 7) is 2.30. The minimum absolute atomic E-state index is 0.0197. The highest BCUT2D eigenvalue weighted by molar-refractivity contribution is 4.92. The molecule has 1 N–H and O–H groups in total. The van der Waals surface area contributed by atoms with Gasteiger partial charge in [0.05, 0.1) is 6.10 Å². The Morgan fingerprint density at radius 3 is 2.69 bits per heavy atom. The van der Waals surface area contributed by atoms with Crippen LogP contribution in [0.2, 0.25) is 0 Å². The molecule has 1 saturated heterocycles. The van der Waals surface area contributed by atoms with Crippen LogP contribution in [0, 0.1) is 5.92 Å². The predicted octanol–water partition coefficient (Wildman–Crippen LogP) is 1.63. The number of aliphatic hydroxyl groups excluding tert-OH is 1. The molecule has 4 unspecified atom stereocenters. The first-order valence-corrected chi connectivity index (χ1v) is 5.60. The fraction of sp³-hybridized carbons (Fsp3) is 1.00. The lowest BCUT2D eigenvalue weighted by Crippen LogP contribution is -2.52. The highest BCUT2D eigenvalue weighted by Gasteiger charge is 2.38. The first-order chi connectivity index (χ1) is 6.20. The summed E-state index contributed by atoms with van der Waals surface area (Å²) in [4.78, 5) is 2.48. The maximum Gasteiger partial charge on any atom is 0.0583 e. The van der Waals surface area contributed by atoms with E-state index in [9.17, 15) is 5.11 Å². The highest BCUT2D eigenvalue weighted by atomic mass is 16.3. The van der Waals surface area contributed by atoms with Crippen LogP contribution in [0.4, 0.5) is 0 Å². The van der Waals surface area contributed by atoms with E-state index in [4.69, 9.17) is 0 Å². The van der Waals surface area contributed by atoms with Crippen LogP contribution >= 0.6 is 0 Å². The number of rotatable bonds is 0. The second kappa shape index (κ2) is 3.58. The van der Waals surface area contributed by atoms with Gasteiger partial charge in [-0.1, -0.05) is 0 Å². The number of hydrogen-bond acceptors (Lipinski definition) is 2. The Bertz CT molecular complexity index is 183. The molecule has 2 rings (SSSR count). The monoisotopic (exact) mass is 183 g/mol. The van der Waals surface area contributed by atoms with Crippen LogP contribution in [0.3, 0.4) is 0 Å². The Balaban J connectivity index is 2.08. The van der Waals surface area contributed by atoms with Gasteiger partial charge in [0.1, 0.15) is 0 Å². The number of hydrogen-bond donors (Lipinski definition) is 1. The maximum absolute atomic E-state index is 9.88. The van der Waals surface area contributed by atoms with Crippen molar-refractivity contribution in [1.29, 1.82) is 0 Å². The molecule has 2 fully saturated rings. The van der Waals surface area contributed by atoms with Crippen LogP contribution < -0.4 is 0 Å². The fourth-order valence-corrected chi connectivity index (χ4v) is 3.08. The Hall–Kier alpha value is -0.0800. The number of aliphatic hydroxyl groups is 1. The van der Waals surface area contributed by atoms with E-state index in [1.54, 1.807) is 0 Å². The molecule has 0 aromatic rings. The van der Waals surface area contributed by atoms with Crippen LogP contribution in [0.25, 0.3) is 0 Å². The van der Waals surface area contributed by atoms with Crippen LogP contribution in [-0.4, -0.2) is 35.2 Å². The molecule has 1 heterocycles. The van der Waals surface area contributed by atoms with Gasteiger partial charge < -0.3 is 10.0 Å². The van der Waals surface area contributed by atoms with Gasteiger partial charge in [-0.25, -0.2) is 0 Å². The van der Waals surface area contributed by atoms with Crippen molar-refractivity contribution in [3.63, 3.8) is 0 Å². The number of piperidine rings is 1. The average Bonchev–Trinajstić information content (AvgIpc) is 2.12. The molecule has 1 aliphatic heterocycles. The largest absolute Gasteiger partial charge is 0.393 e. The molecule has 0 radical (unpaired) electrons. The second-order valence-corrected chi connectivity index (χ2v) is 4.82. The summed E-state index contributed by atoms with van der Waals surface area (Å²) in [6, 6.07) is 1.37. The predicted molar refractivity (Wildman–Crippen MR) is 53.6 cm³/mol. The van der Waals surface area contributed by atoms with E-state index < -0.39 is 0 Å². The summed E-state index contributed by atoms with van der Waals surface area (Å²) in [5.41, 5.74) is 0. The molecule has 2 heteroatoms. The fourth-order valence-electron chi connectivity index (χ4n) is 3.08. The minimum atomic E-state index is -0.0197. The molecule has 0 bridgehead atoms. The number of likely N-dealkylation sites (tertiary alicyclic amines) is 1. The third-order valence-corrected chi connectivity index (χ3v) is 4.12. The quantitative estimate of drug-likeness (QED) is 0.617. The van der Waals surface area contributed by atoms with Gasteiger partial charge in [0.25, 0.3) is 0 Å². The van der Waals surface area contributed by atoms with E-state index >= 15 is 0 Å². The van der Waals surface area contributed by atoms with E-state index in [2.05, 4.69) is 18.9 Å². The van der Waals surface area contributed by atoms with Gasteiger partial charge in [-0.2, -0.15) is 0 Å². The Morgan fingerprint density at radius 2 is 1.92 bits per heavy atom. The molecular formula is C11H21NO. The van der Waals surface area contributed by atoms with Crippen LogP contribution in [0.1, 0.15) is 39.0 Å². The van der Waals surface area contributed by atoms with E-state index in [1.165, 1.54) is 25.7 Å². The summed E-state index contributed by atoms with van der Waals surface area (Å²) in [5, 5.41) is 9.88. The molecule has 13 heavy (non-hydrogen) atoms. The number of nitrogens with zero attached hydrogens (tertiary/aromatic N) is 1. The zero-order valence-corrected chi connectivity index (χ0v) is 8.74. The van der Waals surface area contributed by atoms with E-state index in [0.717, 1.165) is 6.42 Å². The smallest absolute Gasteiger partial charge is 0.0583 e. The molecule has 0 spiro atoms. The molecule has 0 amide bonds. The Morgan fingerprint density at radius 1 is 1.15 bits per heavy atom. The summed E-state index contributed by atoms with van der Waals surface area (Å²) in [7, 11) is 2.22. The molecule has 2 nitrogen and oxygen atoms in total. The van der Waals surface area contributed by atoms with Crippen molar-refractivity contribution in [2.24, 2.45) is 5.92 Å². The van der Waals surface area contributed by atoms with Gasteiger partial charge in [-0.15, -0.1) is 0 Å². The van der Waals surface area contributed by atoms with Crippen molar-refractivity contribution in [2.45, 2.75) is 57.2 Å². The van der Waals surface area contributed by atoms with Crippen molar-refractivity contribution in [3.05, 3.63) is 0 Å². The topological polar surface area (TPSA) is 23.5 Å². The molecule has 2 aliphatic rings. The van der Waals surface area contributed by atoms with Gasteiger partial charge in [0, 0.05) is 18.0 Å². The van der Waals surface area contributed by atoms with Gasteiger partial charge >= 0.3 is 0 Å². The van der Waals surface area contributed by atoms with Gasteiger partial charge in [0.2, 0.25) is 0 Å². The van der Waals surface area contributed by atoms with Crippen LogP contribution in [0.15, 0.2) is 0 Å². The lowest BCUT2D eigenvalue weighted by molar-refractivity contribution is -0.0354. The number of fused-ring (bicyclic) bond motifs is 1. The van der Waals surface area contributed by atoms with E-state index in [1.807, 2.05) is 0 Å². The van der Waals surface area contributed by atoms with E-state index in [-0.39, 0.29) is 6.10 Å². The van der Waals surface area contributed by atoms with Crippen LogP contribution in [0.5, 0.6) is 0 Å². The zero-order chi connectivity index (χ0) is 9.42. The van der Waals surface area contributed by atoms with Crippen molar-refractivity contribution in [2.75, 3.05) is 7.05 Å². The minimum Gasteiger partial charge on any atom is -0.393 e. The first-order valence-electron chi connectivity index (χ1n) is 5.60. The van der Waals surface area contributed by atoms with Gasteiger partial charge in [-0.05, 0) is 46.1 Å². The third-order valence-electron chi connectivity index (χ3n) is 4.12.